The van der Waals surface area contributed by atoms with Gasteiger partial charge in [-0.1, -0.05) is 0 Å². The first-order valence-electron chi connectivity index (χ1n) is 3.99. The summed E-state index contributed by atoms with van der Waals surface area (Å²) in [4.78, 5) is 15.6. The predicted octanol–water partition coefficient (Wildman–Crippen LogP) is -0.210. The molecule has 0 atom stereocenters. The normalized spacial score (nSPS) is 10.9. The Morgan fingerprint density at radius 2 is 2.46 bits per heavy atom. The number of nitrogens with two attached hydrogens (primary N) is 1. The minimum absolute atomic E-state index is 0.126. The molecule has 0 aliphatic carbocycles. The fourth-order valence-electron chi connectivity index (χ4n) is 1.25. The van der Waals surface area contributed by atoms with E-state index in [1.807, 2.05) is 6.92 Å². The molecular weight excluding hydrogens is 168 g/mol. The van der Waals surface area contributed by atoms with E-state index >= 15 is 0 Å². The van der Waals surface area contributed by atoms with Crippen LogP contribution in [0.15, 0.2) is 17.1 Å². The number of nitrogens with zero attached hydrogens (tertiary/aromatic N) is 2. The van der Waals surface area contributed by atoms with Crippen molar-refractivity contribution in [2.45, 2.75) is 13.5 Å². The fraction of sp³-hybridized carbons (Fsp3) is 0.250. The number of hydrogen-bond acceptors (Lipinski definition) is 3. The maximum atomic E-state index is 11.4. The van der Waals surface area contributed by atoms with Crippen LogP contribution in [0, 0.1) is 6.92 Å². The summed E-state index contributed by atoms with van der Waals surface area (Å²) in [6.45, 7) is 2.18. The topological polar surface area (TPSA) is 76.2 Å². The first-order chi connectivity index (χ1) is 6.22. The molecule has 3 N–H and O–H groups in total. The zero-order valence-electron chi connectivity index (χ0n) is 7.24. The van der Waals surface area contributed by atoms with Crippen LogP contribution in [0.2, 0.25) is 0 Å². The van der Waals surface area contributed by atoms with Crippen LogP contribution in [0.1, 0.15) is 11.3 Å². The van der Waals surface area contributed by atoms with Gasteiger partial charge in [-0.3, -0.25) is 9.89 Å². The Bertz CT molecular complexity index is 496. The predicted molar refractivity (Wildman–Crippen MR) is 48.4 cm³/mol. The molecule has 0 saturated carbocycles. The van der Waals surface area contributed by atoms with Crippen LogP contribution in [-0.2, 0) is 6.54 Å². The van der Waals surface area contributed by atoms with Crippen LogP contribution in [0.5, 0.6) is 0 Å². The maximum absolute atomic E-state index is 11.4. The summed E-state index contributed by atoms with van der Waals surface area (Å²) in [7, 11) is 0. The zero-order valence-corrected chi connectivity index (χ0v) is 7.24. The number of H-pyrrole nitrogens is 1. The van der Waals surface area contributed by atoms with Gasteiger partial charge in [-0.25, -0.2) is 9.50 Å². The monoisotopic (exact) mass is 178 g/mol. The minimum atomic E-state index is -0.126. The molecule has 0 radical (unpaired) electrons. The summed E-state index contributed by atoms with van der Waals surface area (Å²) >= 11 is 0. The quantitative estimate of drug-likeness (QED) is 0.634. The molecule has 68 valence electrons. The molecule has 2 rings (SSSR count). The first-order valence-corrected chi connectivity index (χ1v) is 3.99. The van der Waals surface area contributed by atoms with Gasteiger partial charge in [-0.2, -0.15) is 0 Å². The second-order valence-electron chi connectivity index (χ2n) is 2.91. The van der Waals surface area contributed by atoms with Gasteiger partial charge in [0.25, 0.3) is 5.56 Å². The van der Waals surface area contributed by atoms with Crippen LogP contribution in [0.25, 0.3) is 5.65 Å². The Morgan fingerprint density at radius 1 is 1.69 bits per heavy atom. The number of hydrogen-bond donors (Lipinski definition) is 2. The molecule has 0 unspecified atom stereocenters. The lowest BCUT2D eigenvalue weighted by Crippen LogP contribution is -2.16. The van der Waals surface area contributed by atoms with E-state index in [-0.39, 0.29) is 12.1 Å². The molecule has 5 nitrogen and oxygen atoms in total. The SMILES string of the molecule is Cc1c[nH]n2c(=O)cc(CN)nc12. The van der Waals surface area contributed by atoms with Crippen molar-refractivity contribution in [3.63, 3.8) is 0 Å². The smallest absolute Gasteiger partial charge is 0.272 e. The van der Waals surface area contributed by atoms with Gasteiger partial charge in [-0.15, -0.1) is 0 Å². The molecule has 0 fully saturated rings. The van der Waals surface area contributed by atoms with Crippen LogP contribution in [-0.4, -0.2) is 14.6 Å². The van der Waals surface area contributed by atoms with E-state index in [9.17, 15) is 4.79 Å². The third kappa shape index (κ3) is 1.13. The third-order valence-corrected chi connectivity index (χ3v) is 1.94. The average Bonchev–Trinajstić information content (AvgIpc) is 2.48. The lowest BCUT2D eigenvalue weighted by molar-refractivity contribution is 0.869. The summed E-state index contributed by atoms with van der Waals surface area (Å²) in [6, 6.07) is 1.43. The van der Waals surface area contributed by atoms with Gasteiger partial charge < -0.3 is 5.73 Å². The number of aromatic nitrogens is 3. The van der Waals surface area contributed by atoms with Crippen molar-refractivity contribution in [1.82, 2.24) is 14.6 Å². The molecule has 0 spiro atoms. The fourth-order valence-corrected chi connectivity index (χ4v) is 1.25. The summed E-state index contributed by atoms with van der Waals surface area (Å²) in [6.07, 6.45) is 1.74. The highest BCUT2D eigenvalue weighted by molar-refractivity contribution is 5.45. The number of nitrogens with one attached hydrogen (secondary N) is 1. The Balaban J connectivity index is 2.88. The standard InChI is InChI=1S/C8H10N4O/c1-5-4-10-12-7(13)2-6(3-9)11-8(5)12/h2,4,10H,3,9H2,1H3. The Labute approximate surface area is 74.2 Å². The molecular formula is C8H10N4O. The van der Waals surface area contributed by atoms with Gasteiger partial charge in [0.05, 0.1) is 5.69 Å². The summed E-state index contributed by atoms with van der Waals surface area (Å²) in [5.41, 5.74) is 7.48. The van der Waals surface area contributed by atoms with Gasteiger partial charge in [0, 0.05) is 24.4 Å². The summed E-state index contributed by atoms with van der Waals surface area (Å²) < 4.78 is 1.40. The van der Waals surface area contributed by atoms with Crippen LogP contribution in [0.4, 0.5) is 0 Å². The molecule has 0 saturated heterocycles. The van der Waals surface area contributed by atoms with E-state index in [0.717, 1.165) is 5.56 Å². The first kappa shape index (κ1) is 8.00. The van der Waals surface area contributed by atoms with E-state index in [0.29, 0.717) is 11.3 Å². The van der Waals surface area contributed by atoms with Crippen LogP contribution >= 0.6 is 0 Å². The highest BCUT2D eigenvalue weighted by Crippen LogP contribution is 2.03. The molecule has 0 aromatic carbocycles. The molecule has 13 heavy (non-hydrogen) atoms. The Kier molecular flexibility index (Phi) is 1.66. The minimum Gasteiger partial charge on any atom is -0.325 e. The highest BCUT2D eigenvalue weighted by Gasteiger charge is 2.04. The van der Waals surface area contributed by atoms with Crippen LogP contribution in [0.3, 0.4) is 0 Å². The van der Waals surface area contributed by atoms with Crippen molar-refractivity contribution in [3.8, 4) is 0 Å². The van der Waals surface area contributed by atoms with E-state index in [1.165, 1.54) is 10.6 Å². The van der Waals surface area contributed by atoms with Crippen molar-refractivity contribution in [3.05, 3.63) is 33.9 Å². The van der Waals surface area contributed by atoms with E-state index in [4.69, 9.17) is 5.73 Å². The van der Waals surface area contributed by atoms with Crippen molar-refractivity contribution in [2.75, 3.05) is 0 Å². The average molecular weight is 178 g/mol. The van der Waals surface area contributed by atoms with E-state index < -0.39 is 0 Å². The Hall–Kier alpha value is -1.62. The molecule has 2 aromatic rings. The lowest BCUT2D eigenvalue weighted by Gasteiger charge is -1.96. The third-order valence-electron chi connectivity index (χ3n) is 1.94. The molecule has 0 aliphatic heterocycles. The highest BCUT2D eigenvalue weighted by atomic mass is 16.1. The number of fused-ring (bicyclic) bond motifs is 1. The van der Waals surface area contributed by atoms with Gasteiger partial charge in [0.2, 0.25) is 0 Å². The number of rotatable bonds is 1. The second kappa shape index (κ2) is 2.70. The molecule has 0 aliphatic rings. The van der Waals surface area contributed by atoms with Crippen molar-refractivity contribution < 1.29 is 0 Å². The van der Waals surface area contributed by atoms with E-state index in [2.05, 4.69) is 10.1 Å². The second-order valence-corrected chi connectivity index (χ2v) is 2.91. The van der Waals surface area contributed by atoms with Crippen molar-refractivity contribution in [1.29, 1.82) is 0 Å². The molecule has 5 heteroatoms. The van der Waals surface area contributed by atoms with E-state index in [1.54, 1.807) is 6.20 Å². The van der Waals surface area contributed by atoms with Crippen molar-refractivity contribution >= 4 is 5.65 Å². The molecule has 2 aromatic heterocycles. The lowest BCUT2D eigenvalue weighted by atomic mass is 10.3. The van der Waals surface area contributed by atoms with Gasteiger partial charge >= 0.3 is 0 Å². The van der Waals surface area contributed by atoms with Crippen molar-refractivity contribution in [2.24, 2.45) is 5.73 Å². The number of aryl methyl sites for hydroxylation is 1. The maximum Gasteiger partial charge on any atom is 0.272 e. The molecule has 2 heterocycles. The largest absolute Gasteiger partial charge is 0.325 e. The molecule has 0 amide bonds. The zero-order chi connectivity index (χ0) is 9.42. The number of aromatic amines is 1. The Morgan fingerprint density at radius 3 is 3.15 bits per heavy atom. The van der Waals surface area contributed by atoms with Gasteiger partial charge in [0.1, 0.15) is 0 Å². The van der Waals surface area contributed by atoms with Gasteiger partial charge in [0.15, 0.2) is 5.65 Å². The van der Waals surface area contributed by atoms with Crippen LogP contribution < -0.4 is 11.3 Å². The summed E-state index contributed by atoms with van der Waals surface area (Å²) in [5, 5.41) is 2.81. The summed E-state index contributed by atoms with van der Waals surface area (Å²) in [5.74, 6) is 0. The molecule has 0 bridgehead atoms. The van der Waals surface area contributed by atoms with Gasteiger partial charge in [-0.05, 0) is 6.92 Å².